The SMILES string of the molecule is CC(C)(Br)C(=O)O.COC. The highest BCUT2D eigenvalue weighted by Crippen LogP contribution is 2.14. The van der Waals surface area contributed by atoms with Gasteiger partial charge in [-0.15, -0.1) is 0 Å². The summed E-state index contributed by atoms with van der Waals surface area (Å²) in [6, 6.07) is 0. The van der Waals surface area contributed by atoms with Gasteiger partial charge in [0.2, 0.25) is 0 Å². The summed E-state index contributed by atoms with van der Waals surface area (Å²) in [5.74, 6) is -0.840. The number of carboxylic acid groups (broad SMARTS) is 1. The van der Waals surface area contributed by atoms with Crippen molar-refractivity contribution in [3.8, 4) is 0 Å². The zero-order valence-corrected chi connectivity index (χ0v) is 8.23. The largest absolute Gasteiger partial charge is 0.480 e. The number of hydrogen-bond donors (Lipinski definition) is 1. The summed E-state index contributed by atoms with van der Waals surface area (Å²) in [5, 5.41) is 8.20. The van der Waals surface area contributed by atoms with Crippen LogP contribution in [0.1, 0.15) is 13.8 Å². The Hall–Kier alpha value is -0.0900. The van der Waals surface area contributed by atoms with Crippen molar-refractivity contribution < 1.29 is 14.6 Å². The number of ether oxygens (including phenoxy) is 1. The maximum absolute atomic E-state index is 9.97. The molecule has 0 saturated heterocycles. The lowest BCUT2D eigenvalue weighted by molar-refractivity contribution is -0.138. The molecule has 0 saturated carbocycles. The number of rotatable bonds is 1. The lowest BCUT2D eigenvalue weighted by Crippen LogP contribution is -2.22. The van der Waals surface area contributed by atoms with Gasteiger partial charge in [-0.05, 0) is 13.8 Å². The highest BCUT2D eigenvalue weighted by Gasteiger charge is 2.21. The van der Waals surface area contributed by atoms with Gasteiger partial charge in [0, 0.05) is 14.2 Å². The fourth-order valence-corrected chi connectivity index (χ4v) is 0. The topological polar surface area (TPSA) is 46.5 Å². The maximum atomic E-state index is 9.97. The van der Waals surface area contributed by atoms with Gasteiger partial charge in [0.05, 0.1) is 0 Å². The zero-order chi connectivity index (χ0) is 8.78. The molecule has 3 nitrogen and oxygen atoms in total. The minimum Gasteiger partial charge on any atom is -0.480 e. The zero-order valence-electron chi connectivity index (χ0n) is 6.64. The van der Waals surface area contributed by atoms with Crippen molar-refractivity contribution >= 4 is 21.9 Å². The monoisotopic (exact) mass is 212 g/mol. The lowest BCUT2D eigenvalue weighted by atomic mass is 10.2. The van der Waals surface area contributed by atoms with Crippen LogP contribution in [0.2, 0.25) is 0 Å². The molecule has 10 heavy (non-hydrogen) atoms. The number of alkyl halides is 1. The molecule has 4 heteroatoms. The average Bonchev–Trinajstić information content (AvgIpc) is 1.64. The average molecular weight is 213 g/mol. The Balaban J connectivity index is 0. The van der Waals surface area contributed by atoms with E-state index in [2.05, 4.69) is 20.7 Å². The molecule has 0 aliphatic carbocycles. The third-order valence-corrected chi connectivity index (χ3v) is 0.848. The molecule has 0 heterocycles. The highest BCUT2D eigenvalue weighted by atomic mass is 79.9. The van der Waals surface area contributed by atoms with Gasteiger partial charge in [-0.3, -0.25) is 4.79 Å². The molecule has 0 spiro atoms. The first-order chi connectivity index (χ1) is 4.36. The van der Waals surface area contributed by atoms with Crippen LogP contribution < -0.4 is 0 Å². The number of carbonyl (C=O) groups is 1. The lowest BCUT2D eigenvalue weighted by Gasteiger charge is -2.06. The standard InChI is InChI=1S/C4H7BrO2.C2H6O/c1-4(2,5)3(6)7;1-3-2/h1-2H3,(H,6,7);1-2H3. The number of methoxy groups -OCH3 is 1. The predicted molar refractivity (Wildman–Crippen MR) is 43.6 cm³/mol. The quantitative estimate of drug-likeness (QED) is 0.671. The van der Waals surface area contributed by atoms with E-state index in [1.165, 1.54) is 0 Å². The van der Waals surface area contributed by atoms with Crippen LogP contribution in [-0.4, -0.2) is 29.6 Å². The minimum absolute atomic E-state index is 0.771. The van der Waals surface area contributed by atoms with Gasteiger partial charge in [0.25, 0.3) is 0 Å². The predicted octanol–water partition coefficient (Wildman–Crippen LogP) is 1.51. The van der Waals surface area contributed by atoms with Gasteiger partial charge in [-0.25, -0.2) is 0 Å². The summed E-state index contributed by atoms with van der Waals surface area (Å²) in [6.07, 6.45) is 0. The normalized spacial score (nSPS) is 9.70. The van der Waals surface area contributed by atoms with Crippen LogP contribution in [0.4, 0.5) is 0 Å². The van der Waals surface area contributed by atoms with Crippen LogP contribution >= 0.6 is 15.9 Å². The second-order valence-electron chi connectivity index (χ2n) is 2.19. The number of aliphatic carboxylic acids is 1. The molecule has 0 bridgehead atoms. The summed E-state index contributed by atoms with van der Waals surface area (Å²) in [5.41, 5.74) is 0. The van der Waals surface area contributed by atoms with E-state index in [4.69, 9.17) is 5.11 Å². The smallest absolute Gasteiger partial charge is 0.319 e. The molecule has 0 aromatic carbocycles. The van der Waals surface area contributed by atoms with E-state index >= 15 is 0 Å². The summed E-state index contributed by atoms with van der Waals surface area (Å²) >= 11 is 2.94. The Bertz CT molecular complexity index is 95.7. The summed E-state index contributed by atoms with van der Waals surface area (Å²) in [6.45, 7) is 3.16. The fraction of sp³-hybridized carbons (Fsp3) is 0.833. The molecule has 0 amide bonds. The fourth-order valence-electron chi connectivity index (χ4n) is 0. The first kappa shape index (κ1) is 12.6. The van der Waals surface area contributed by atoms with E-state index in [-0.39, 0.29) is 0 Å². The van der Waals surface area contributed by atoms with Crippen molar-refractivity contribution in [3.63, 3.8) is 0 Å². The highest BCUT2D eigenvalue weighted by molar-refractivity contribution is 9.10. The Kier molecular flexibility index (Phi) is 7.14. The molecule has 0 atom stereocenters. The van der Waals surface area contributed by atoms with Crippen LogP contribution in [0.3, 0.4) is 0 Å². The van der Waals surface area contributed by atoms with Gasteiger partial charge >= 0.3 is 5.97 Å². The van der Waals surface area contributed by atoms with E-state index in [0.717, 1.165) is 0 Å². The second kappa shape index (κ2) is 5.68. The van der Waals surface area contributed by atoms with E-state index < -0.39 is 10.3 Å². The molecular weight excluding hydrogens is 200 g/mol. The molecule has 0 aliphatic rings. The van der Waals surface area contributed by atoms with Crippen molar-refractivity contribution in [2.45, 2.75) is 18.2 Å². The molecule has 0 fully saturated rings. The summed E-state index contributed by atoms with van der Waals surface area (Å²) < 4.78 is 3.48. The Morgan fingerprint density at radius 3 is 1.60 bits per heavy atom. The number of halogens is 1. The Morgan fingerprint density at radius 1 is 1.50 bits per heavy atom. The maximum Gasteiger partial charge on any atom is 0.319 e. The van der Waals surface area contributed by atoms with Crippen molar-refractivity contribution in [1.82, 2.24) is 0 Å². The van der Waals surface area contributed by atoms with Gasteiger partial charge in [-0.1, -0.05) is 15.9 Å². The molecular formula is C6H13BrO3. The van der Waals surface area contributed by atoms with Crippen molar-refractivity contribution in [1.29, 1.82) is 0 Å². The Morgan fingerprint density at radius 2 is 1.60 bits per heavy atom. The van der Waals surface area contributed by atoms with Crippen LogP contribution in [-0.2, 0) is 9.53 Å². The third-order valence-electron chi connectivity index (χ3n) is 0.509. The molecule has 62 valence electrons. The number of carboxylic acids is 1. The van der Waals surface area contributed by atoms with Gasteiger partial charge in [0.15, 0.2) is 0 Å². The van der Waals surface area contributed by atoms with Crippen LogP contribution in [0.15, 0.2) is 0 Å². The van der Waals surface area contributed by atoms with Crippen LogP contribution in [0, 0.1) is 0 Å². The van der Waals surface area contributed by atoms with Gasteiger partial charge < -0.3 is 9.84 Å². The van der Waals surface area contributed by atoms with Crippen molar-refractivity contribution in [2.24, 2.45) is 0 Å². The van der Waals surface area contributed by atoms with Gasteiger partial charge in [-0.2, -0.15) is 0 Å². The minimum atomic E-state index is -0.840. The first-order valence-electron chi connectivity index (χ1n) is 2.68. The molecule has 0 rings (SSSR count). The van der Waals surface area contributed by atoms with E-state index in [1.807, 2.05) is 0 Å². The van der Waals surface area contributed by atoms with Crippen LogP contribution in [0.5, 0.6) is 0 Å². The third kappa shape index (κ3) is 10.8. The molecule has 0 radical (unpaired) electrons. The number of hydrogen-bond acceptors (Lipinski definition) is 2. The molecule has 0 unspecified atom stereocenters. The summed E-state index contributed by atoms with van der Waals surface area (Å²) in [4.78, 5) is 9.97. The van der Waals surface area contributed by atoms with Crippen molar-refractivity contribution in [2.75, 3.05) is 14.2 Å². The van der Waals surface area contributed by atoms with E-state index in [1.54, 1.807) is 28.1 Å². The van der Waals surface area contributed by atoms with Gasteiger partial charge in [0.1, 0.15) is 4.32 Å². The molecule has 0 aromatic rings. The first-order valence-corrected chi connectivity index (χ1v) is 3.48. The summed E-state index contributed by atoms with van der Waals surface area (Å²) in [7, 11) is 3.25. The molecule has 0 aromatic heterocycles. The van der Waals surface area contributed by atoms with E-state index in [0.29, 0.717) is 0 Å². The molecule has 1 N–H and O–H groups in total. The Labute approximate surface area is 69.5 Å². The second-order valence-corrected chi connectivity index (χ2v) is 4.17. The van der Waals surface area contributed by atoms with Crippen molar-refractivity contribution in [3.05, 3.63) is 0 Å². The van der Waals surface area contributed by atoms with Crippen LogP contribution in [0.25, 0.3) is 0 Å². The van der Waals surface area contributed by atoms with E-state index in [9.17, 15) is 4.79 Å². The molecule has 0 aliphatic heterocycles.